The van der Waals surface area contributed by atoms with Crippen LogP contribution in [-0.4, -0.2) is 95.9 Å². The van der Waals surface area contributed by atoms with Crippen molar-refractivity contribution in [3.05, 3.63) is 23.8 Å². The first-order chi connectivity index (χ1) is 23.2. The van der Waals surface area contributed by atoms with Gasteiger partial charge in [-0.3, -0.25) is 28.8 Å². The molecule has 0 amide bonds. The standard InChI is InChI=1S/C36H50O14/c1-18(2)12-29(40)44-16-24-10-11-25(46-21(6)37)34(9)26(49-30(41)13-19(3)4)15-27(47-22(7)38)35(17-45-35)31(34)32(48-23(8)39)36(43)20(5)33(42)50-28(36)14-24/h10-11,14,18-20,25-28,31-32,43H,12-13,15-17H2,1-9H3. The average Bonchev–Trinajstić information content (AvgIpc) is 3.73. The maximum Gasteiger partial charge on any atom is 0.312 e. The molecule has 1 N–H and O–H groups in total. The minimum Gasteiger partial charge on any atom is -0.461 e. The molecular formula is C36H50O14. The molecular weight excluding hydrogens is 656 g/mol. The molecule has 2 aliphatic heterocycles. The number of fused-ring (bicyclic) bond motifs is 3. The minimum absolute atomic E-state index is 0.0157. The van der Waals surface area contributed by atoms with Crippen LogP contribution in [0.5, 0.6) is 0 Å². The molecule has 278 valence electrons. The molecule has 14 nitrogen and oxygen atoms in total. The molecule has 4 rings (SSSR count). The topological polar surface area (TPSA) is 191 Å². The highest BCUT2D eigenvalue weighted by atomic mass is 16.6. The van der Waals surface area contributed by atoms with Gasteiger partial charge in [-0.1, -0.05) is 40.7 Å². The Hall–Kier alpha value is -3.78. The van der Waals surface area contributed by atoms with Crippen LogP contribution in [-0.2, 0) is 61.9 Å². The molecule has 0 aromatic heterocycles. The van der Waals surface area contributed by atoms with E-state index in [2.05, 4.69) is 0 Å². The van der Waals surface area contributed by atoms with Gasteiger partial charge in [-0.2, -0.15) is 0 Å². The van der Waals surface area contributed by atoms with E-state index in [4.69, 9.17) is 33.2 Å². The second-order valence-electron chi connectivity index (χ2n) is 14.9. The number of rotatable bonds is 10. The normalized spacial score (nSPS) is 36.0. The largest absolute Gasteiger partial charge is 0.461 e. The van der Waals surface area contributed by atoms with Crippen molar-refractivity contribution in [3.8, 4) is 0 Å². The zero-order valence-corrected chi connectivity index (χ0v) is 30.2. The quantitative estimate of drug-likeness (QED) is 0.198. The summed E-state index contributed by atoms with van der Waals surface area (Å²) in [6.07, 6.45) is -2.11. The van der Waals surface area contributed by atoms with Gasteiger partial charge in [0.15, 0.2) is 11.7 Å². The summed E-state index contributed by atoms with van der Waals surface area (Å²) in [6, 6.07) is 0. The second-order valence-corrected chi connectivity index (χ2v) is 14.9. The molecule has 2 aliphatic carbocycles. The minimum atomic E-state index is -2.31. The van der Waals surface area contributed by atoms with Crippen LogP contribution in [0, 0.1) is 29.1 Å². The van der Waals surface area contributed by atoms with Crippen LogP contribution in [0.3, 0.4) is 0 Å². The number of aliphatic hydroxyl groups is 1. The zero-order chi connectivity index (χ0) is 37.3. The lowest BCUT2D eigenvalue weighted by Gasteiger charge is -2.57. The third-order valence-corrected chi connectivity index (χ3v) is 10.0. The zero-order valence-electron chi connectivity index (χ0n) is 30.2. The van der Waals surface area contributed by atoms with Gasteiger partial charge in [-0.15, -0.1) is 0 Å². The van der Waals surface area contributed by atoms with Crippen LogP contribution in [0.1, 0.15) is 81.6 Å². The number of ether oxygens (including phenoxy) is 7. The molecule has 3 fully saturated rings. The lowest BCUT2D eigenvalue weighted by Crippen LogP contribution is -2.71. The van der Waals surface area contributed by atoms with E-state index in [0.717, 1.165) is 6.92 Å². The summed E-state index contributed by atoms with van der Waals surface area (Å²) in [7, 11) is 0. The van der Waals surface area contributed by atoms with Gasteiger partial charge in [0.05, 0.1) is 17.9 Å². The fourth-order valence-electron chi connectivity index (χ4n) is 7.64. The predicted octanol–water partition coefficient (Wildman–Crippen LogP) is 2.91. The van der Waals surface area contributed by atoms with Crippen LogP contribution in [0.25, 0.3) is 0 Å². The van der Waals surface area contributed by atoms with Crippen molar-refractivity contribution in [3.63, 3.8) is 0 Å². The summed E-state index contributed by atoms with van der Waals surface area (Å²) in [5.41, 5.74) is -5.06. The number of esters is 6. The first-order valence-corrected chi connectivity index (χ1v) is 17.1. The van der Waals surface area contributed by atoms with E-state index < -0.39 is 94.8 Å². The Morgan fingerprint density at radius 3 is 2.02 bits per heavy atom. The van der Waals surface area contributed by atoms with E-state index in [1.165, 1.54) is 39.0 Å². The number of hydrogen-bond acceptors (Lipinski definition) is 14. The van der Waals surface area contributed by atoms with E-state index in [1.807, 2.05) is 27.7 Å². The summed E-state index contributed by atoms with van der Waals surface area (Å²) in [4.78, 5) is 77.5. The molecule has 50 heavy (non-hydrogen) atoms. The number of carbonyl (C=O) groups excluding carboxylic acids is 6. The van der Waals surface area contributed by atoms with Crippen LogP contribution in [0.4, 0.5) is 0 Å². The van der Waals surface area contributed by atoms with Gasteiger partial charge < -0.3 is 38.3 Å². The predicted molar refractivity (Wildman–Crippen MR) is 173 cm³/mol. The van der Waals surface area contributed by atoms with Crippen molar-refractivity contribution in [2.75, 3.05) is 13.2 Å². The molecule has 10 atom stereocenters. The highest BCUT2D eigenvalue weighted by Gasteiger charge is 2.78. The summed E-state index contributed by atoms with van der Waals surface area (Å²) in [5.74, 6) is -6.71. The van der Waals surface area contributed by atoms with E-state index in [9.17, 15) is 33.9 Å². The Labute approximate surface area is 292 Å². The lowest BCUT2D eigenvalue weighted by atomic mass is 9.52. The van der Waals surface area contributed by atoms with Gasteiger partial charge in [-0.05, 0) is 36.5 Å². The third kappa shape index (κ3) is 7.75. The highest BCUT2D eigenvalue weighted by molar-refractivity contribution is 5.78. The molecule has 4 aliphatic rings. The van der Waals surface area contributed by atoms with E-state index in [-0.39, 0.29) is 49.9 Å². The maximum absolute atomic E-state index is 13.4. The Balaban J connectivity index is 2.03. The molecule has 2 saturated heterocycles. The fraction of sp³-hybridized carbons (Fsp3) is 0.722. The van der Waals surface area contributed by atoms with Crippen LogP contribution >= 0.6 is 0 Å². The third-order valence-electron chi connectivity index (χ3n) is 10.0. The van der Waals surface area contributed by atoms with Crippen molar-refractivity contribution in [2.24, 2.45) is 29.1 Å². The van der Waals surface area contributed by atoms with Crippen LogP contribution < -0.4 is 0 Å². The molecule has 10 unspecified atom stereocenters. The molecule has 2 heterocycles. The molecule has 1 spiro atoms. The molecule has 1 saturated carbocycles. The van der Waals surface area contributed by atoms with Crippen molar-refractivity contribution in [1.82, 2.24) is 0 Å². The van der Waals surface area contributed by atoms with Crippen molar-refractivity contribution >= 4 is 35.8 Å². The highest BCUT2D eigenvalue weighted by Crippen LogP contribution is 2.62. The van der Waals surface area contributed by atoms with Crippen molar-refractivity contribution in [2.45, 2.75) is 123 Å². The number of hydrogen-bond donors (Lipinski definition) is 1. The molecule has 0 aromatic carbocycles. The van der Waals surface area contributed by atoms with Gasteiger partial charge in [0.25, 0.3) is 0 Å². The van der Waals surface area contributed by atoms with Gasteiger partial charge >= 0.3 is 35.8 Å². The average molecular weight is 707 g/mol. The summed E-state index contributed by atoms with van der Waals surface area (Å²) in [5, 5.41) is 12.9. The SMILES string of the molecule is CC(=O)OC1CC(OC(=O)CC(C)C)C2(C)C(OC(C)=O)C=CC(COC(=O)CC(C)C)=CC3OC(=O)C(C)C3(O)C(OC(C)=O)C2C12CO2. The summed E-state index contributed by atoms with van der Waals surface area (Å²) >= 11 is 0. The Morgan fingerprint density at radius 2 is 1.48 bits per heavy atom. The smallest absolute Gasteiger partial charge is 0.312 e. The van der Waals surface area contributed by atoms with Gasteiger partial charge in [-0.25, -0.2) is 0 Å². The van der Waals surface area contributed by atoms with Crippen LogP contribution in [0.15, 0.2) is 23.8 Å². The van der Waals surface area contributed by atoms with Gasteiger partial charge in [0.1, 0.15) is 36.6 Å². The van der Waals surface area contributed by atoms with Gasteiger partial charge in [0.2, 0.25) is 0 Å². The van der Waals surface area contributed by atoms with Crippen molar-refractivity contribution in [1.29, 1.82) is 0 Å². The van der Waals surface area contributed by atoms with E-state index in [1.54, 1.807) is 6.92 Å². The first kappa shape index (κ1) is 39.0. The molecule has 0 bridgehead atoms. The number of carbonyl (C=O) groups is 6. The van der Waals surface area contributed by atoms with Crippen molar-refractivity contribution < 1.29 is 67.0 Å². The van der Waals surface area contributed by atoms with Gasteiger partial charge in [0, 0.05) is 46.0 Å². The second kappa shape index (κ2) is 14.8. The maximum atomic E-state index is 13.4. The van der Waals surface area contributed by atoms with E-state index in [0.29, 0.717) is 0 Å². The van der Waals surface area contributed by atoms with Crippen LogP contribution in [0.2, 0.25) is 0 Å². The molecule has 14 heteroatoms. The molecule has 0 aromatic rings. The Bertz CT molecular complexity index is 1430. The Morgan fingerprint density at radius 1 is 0.900 bits per heavy atom. The Kier molecular flexibility index (Phi) is 11.6. The fourth-order valence-corrected chi connectivity index (χ4v) is 7.64. The molecule has 0 radical (unpaired) electrons. The monoisotopic (exact) mass is 706 g/mol. The van der Waals surface area contributed by atoms with E-state index >= 15 is 0 Å². The first-order valence-electron chi connectivity index (χ1n) is 17.1. The lowest BCUT2D eigenvalue weighted by molar-refractivity contribution is -0.252. The summed E-state index contributed by atoms with van der Waals surface area (Å²) in [6.45, 7) is 13.6. The summed E-state index contributed by atoms with van der Waals surface area (Å²) < 4.78 is 41.3. The number of epoxide rings is 1.